The van der Waals surface area contributed by atoms with Gasteiger partial charge in [-0.3, -0.25) is 0 Å². The maximum atomic E-state index is 2.51. The topological polar surface area (TPSA) is 6.48 Å². The van der Waals surface area contributed by atoms with E-state index in [2.05, 4.69) is 232 Å². The number of benzene rings is 8. The minimum absolute atomic E-state index is 0.142. The minimum Gasteiger partial charge on any atom is -0.311 e. The molecular weight excluding hydrogens is 677 g/mol. The predicted molar refractivity (Wildman–Crippen MR) is 236 cm³/mol. The third-order valence-electron chi connectivity index (χ3n) is 12.2. The molecule has 0 unspecified atom stereocenters. The second kappa shape index (κ2) is 13.0. The van der Waals surface area contributed by atoms with Gasteiger partial charge in [0.05, 0.1) is 0 Å². The zero-order valence-electron chi connectivity index (χ0n) is 32.4. The number of hydrogen-bond donors (Lipinski definition) is 0. The summed E-state index contributed by atoms with van der Waals surface area (Å²) in [7, 11) is 0. The van der Waals surface area contributed by atoms with Crippen molar-refractivity contribution < 1.29 is 0 Å². The lowest BCUT2D eigenvalue weighted by atomic mass is 9.79. The number of nitrogens with zero attached hydrogens (tertiary/aromatic N) is 2. The molecule has 56 heavy (non-hydrogen) atoms. The van der Waals surface area contributed by atoms with Gasteiger partial charge in [-0.25, -0.2) is 0 Å². The van der Waals surface area contributed by atoms with E-state index in [0.29, 0.717) is 0 Å². The summed E-state index contributed by atoms with van der Waals surface area (Å²) in [6.07, 6.45) is 0. The second-order valence-electron chi connectivity index (χ2n) is 16.2. The van der Waals surface area contributed by atoms with Gasteiger partial charge in [0.25, 0.3) is 0 Å². The van der Waals surface area contributed by atoms with E-state index < -0.39 is 0 Å². The Morgan fingerprint density at radius 1 is 0.268 bits per heavy atom. The number of para-hydroxylation sites is 4. The second-order valence-corrected chi connectivity index (χ2v) is 16.2. The molecule has 2 aliphatic rings. The average molecular weight is 721 g/mol. The van der Waals surface area contributed by atoms with Gasteiger partial charge in [0.1, 0.15) is 0 Å². The third-order valence-corrected chi connectivity index (χ3v) is 12.2. The van der Waals surface area contributed by atoms with E-state index in [1.807, 2.05) is 0 Å². The van der Waals surface area contributed by atoms with E-state index in [9.17, 15) is 0 Å². The molecule has 0 heterocycles. The zero-order chi connectivity index (χ0) is 38.0. The molecule has 0 saturated carbocycles. The lowest BCUT2D eigenvalue weighted by Crippen LogP contribution is -2.17. The Bertz CT molecular complexity index is 2630. The predicted octanol–water partition coefficient (Wildman–Crippen LogP) is 14.9. The summed E-state index contributed by atoms with van der Waals surface area (Å²) in [5.74, 6) is 0. The lowest BCUT2D eigenvalue weighted by molar-refractivity contribution is 0.652. The van der Waals surface area contributed by atoms with Crippen LogP contribution in [0.1, 0.15) is 49.9 Å². The molecule has 0 fully saturated rings. The van der Waals surface area contributed by atoms with Gasteiger partial charge < -0.3 is 9.80 Å². The highest BCUT2D eigenvalue weighted by Crippen LogP contribution is 2.57. The molecule has 0 aliphatic heterocycles. The van der Waals surface area contributed by atoms with Crippen LogP contribution in [0, 0.1) is 0 Å². The Balaban J connectivity index is 1.00. The molecule has 0 radical (unpaired) electrons. The molecule has 0 bridgehead atoms. The van der Waals surface area contributed by atoms with Crippen LogP contribution in [0.25, 0.3) is 33.4 Å². The lowest BCUT2D eigenvalue weighted by Gasteiger charge is -2.28. The Labute approximate surface area is 331 Å². The van der Waals surface area contributed by atoms with Crippen molar-refractivity contribution in [3.05, 3.63) is 216 Å². The first-order valence-electron chi connectivity index (χ1n) is 19.7. The van der Waals surface area contributed by atoms with Crippen LogP contribution < -0.4 is 9.80 Å². The molecule has 2 nitrogen and oxygen atoms in total. The van der Waals surface area contributed by atoms with Crippen molar-refractivity contribution in [2.45, 2.75) is 38.5 Å². The fraction of sp³-hybridized carbons (Fsp3) is 0.111. The molecule has 0 N–H and O–H groups in total. The Kier molecular flexibility index (Phi) is 7.87. The van der Waals surface area contributed by atoms with Crippen molar-refractivity contribution in [1.29, 1.82) is 0 Å². The Morgan fingerprint density at radius 2 is 0.589 bits per heavy atom. The van der Waals surface area contributed by atoms with Gasteiger partial charge in [-0.2, -0.15) is 0 Å². The molecule has 10 rings (SSSR count). The van der Waals surface area contributed by atoms with Crippen molar-refractivity contribution in [3.8, 4) is 33.4 Å². The van der Waals surface area contributed by atoms with Crippen LogP contribution in [0.4, 0.5) is 34.1 Å². The fourth-order valence-corrected chi connectivity index (χ4v) is 9.27. The van der Waals surface area contributed by atoms with Crippen molar-refractivity contribution in [1.82, 2.24) is 0 Å². The molecule has 8 aromatic rings. The number of fused-ring (bicyclic) bond motifs is 6. The number of hydrogen-bond acceptors (Lipinski definition) is 2. The monoisotopic (exact) mass is 720 g/mol. The van der Waals surface area contributed by atoms with Gasteiger partial charge in [-0.15, -0.1) is 0 Å². The molecule has 0 aromatic heterocycles. The van der Waals surface area contributed by atoms with Crippen LogP contribution in [-0.4, -0.2) is 0 Å². The first kappa shape index (κ1) is 33.9. The Morgan fingerprint density at radius 3 is 1.04 bits per heavy atom. The summed E-state index contributed by atoms with van der Waals surface area (Å²) >= 11 is 0. The fourth-order valence-electron chi connectivity index (χ4n) is 9.27. The van der Waals surface area contributed by atoms with Crippen molar-refractivity contribution in [2.24, 2.45) is 0 Å². The zero-order valence-corrected chi connectivity index (χ0v) is 32.4. The van der Waals surface area contributed by atoms with Gasteiger partial charge in [-0.1, -0.05) is 131 Å². The van der Waals surface area contributed by atoms with E-state index >= 15 is 0 Å². The summed E-state index contributed by atoms with van der Waals surface area (Å²) in [5.41, 5.74) is 20.1. The van der Waals surface area contributed by atoms with Crippen LogP contribution in [0.5, 0.6) is 0 Å². The highest BCUT2D eigenvalue weighted by atomic mass is 15.1. The molecule has 0 spiro atoms. The van der Waals surface area contributed by atoms with Gasteiger partial charge >= 0.3 is 0 Å². The summed E-state index contributed by atoms with van der Waals surface area (Å²) in [4.78, 5) is 4.68. The number of anilines is 6. The van der Waals surface area contributed by atoms with E-state index in [4.69, 9.17) is 0 Å². The molecule has 8 aromatic carbocycles. The highest BCUT2D eigenvalue weighted by molar-refractivity contribution is 5.92. The first-order valence-corrected chi connectivity index (χ1v) is 19.7. The van der Waals surface area contributed by atoms with Crippen molar-refractivity contribution in [2.75, 3.05) is 9.80 Å². The molecule has 0 amide bonds. The molecule has 0 saturated heterocycles. The van der Waals surface area contributed by atoms with E-state index in [-0.39, 0.29) is 10.8 Å². The maximum Gasteiger partial charge on any atom is 0.0465 e. The van der Waals surface area contributed by atoms with Crippen molar-refractivity contribution in [3.63, 3.8) is 0 Å². The number of rotatable bonds is 7. The van der Waals surface area contributed by atoms with Crippen LogP contribution in [0.3, 0.4) is 0 Å². The van der Waals surface area contributed by atoms with Gasteiger partial charge in [0.15, 0.2) is 0 Å². The standard InChI is InChI=1S/C54H44N2/c1-53(2)49-33-38(37-25-28-43(29-26-37)55(39-17-9-5-10-18-39)40-19-11-6-12-20-40)27-31-45(49)47-35-52-48(36-51(47)53)46-32-30-44(34-50(46)54(52,3)4)56(41-21-13-7-14-22-41)42-23-15-8-16-24-42/h5-36H,1-4H3. The quantitative estimate of drug-likeness (QED) is 0.162. The molecule has 270 valence electrons. The summed E-state index contributed by atoms with van der Waals surface area (Å²) < 4.78 is 0. The highest BCUT2D eigenvalue weighted by Gasteiger charge is 2.42. The van der Waals surface area contributed by atoms with Crippen LogP contribution in [0.15, 0.2) is 194 Å². The van der Waals surface area contributed by atoms with Gasteiger partial charge in [0.2, 0.25) is 0 Å². The van der Waals surface area contributed by atoms with Crippen LogP contribution in [0.2, 0.25) is 0 Å². The van der Waals surface area contributed by atoms with E-state index in [1.54, 1.807) is 0 Å². The van der Waals surface area contributed by atoms with Gasteiger partial charge in [-0.05, 0) is 147 Å². The van der Waals surface area contributed by atoms with E-state index in [1.165, 1.54) is 61.3 Å². The molecule has 2 aliphatic carbocycles. The third kappa shape index (κ3) is 5.39. The van der Waals surface area contributed by atoms with Gasteiger partial charge in [0, 0.05) is 45.0 Å². The first-order chi connectivity index (χ1) is 27.3. The van der Waals surface area contributed by atoms with Crippen molar-refractivity contribution >= 4 is 34.1 Å². The molecular formula is C54H44N2. The largest absolute Gasteiger partial charge is 0.311 e. The van der Waals surface area contributed by atoms with E-state index in [0.717, 1.165) is 28.4 Å². The minimum atomic E-state index is -0.156. The van der Waals surface area contributed by atoms with Crippen LogP contribution >= 0.6 is 0 Å². The average Bonchev–Trinajstić information content (AvgIpc) is 3.60. The SMILES string of the molecule is CC1(C)c2cc(-c3ccc(N(c4ccccc4)c4ccccc4)cc3)ccc2-c2cc3c(cc21)-c1ccc(N(c2ccccc2)c2ccccc2)cc1C3(C)C. The summed E-state index contributed by atoms with van der Waals surface area (Å²) in [5, 5.41) is 0. The molecule has 2 heteroatoms. The molecule has 0 atom stereocenters. The summed E-state index contributed by atoms with van der Waals surface area (Å²) in [6, 6.07) is 70.8. The maximum absolute atomic E-state index is 2.51. The Hall–Kier alpha value is -6.64. The summed E-state index contributed by atoms with van der Waals surface area (Å²) in [6.45, 7) is 9.59. The van der Waals surface area contributed by atoms with Crippen LogP contribution in [-0.2, 0) is 10.8 Å². The normalized spacial score (nSPS) is 14.0. The smallest absolute Gasteiger partial charge is 0.0465 e.